The van der Waals surface area contributed by atoms with Gasteiger partial charge < -0.3 is 10.2 Å². The zero-order chi connectivity index (χ0) is 12.7. The molecule has 1 aromatic rings. The standard InChI is InChI=1S/C15H22N4/c1-2-11(3-1)13-10-14(19-8-6-16-7-9-19)18-15(17-13)12-4-5-12/h10-12,16H,1-9H2. The zero-order valence-corrected chi connectivity index (χ0v) is 11.4. The molecule has 2 heterocycles. The molecule has 1 aromatic heterocycles. The van der Waals surface area contributed by atoms with Crippen molar-refractivity contribution >= 4 is 5.82 Å². The highest BCUT2D eigenvalue weighted by Gasteiger charge is 2.30. The predicted molar refractivity (Wildman–Crippen MR) is 75.7 cm³/mol. The van der Waals surface area contributed by atoms with E-state index in [2.05, 4.69) is 16.3 Å². The number of rotatable bonds is 3. The molecule has 0 amide bonds. The molecule has 0 unspecified atom stereocenters. The van der Waals surface area contributed by atoms with Crippen LogP contribution in [-0.4, -0.2) is 36.1 Å². The van der Waals surface area contributed by atoms with Crippen molar-refractivity contribution in [1.82, 2.24) is 15.3 Å². The van der Waals surface area contributed by atoms with Gasteiger partial charge in [0.2, 0.25) is 0 Å². The maximum absolute atomic E-state index is 4.86. The molecule has 3 aliphatic rings. The number of nitrogens with zero attached hydrogens (tertiary/aromatic N) is 3. The molecule has 2 saturated carbocycles. The maximum Gasteiger partial charge on any atom is 0.134 e. The first-order valence-electron chi connectivity index (χ1n) is 7.75. The summed E-state index contributed by atoms with van der Waals surface area (Å²) >= 11 is 0. The Morgan fingerprint density at radius 3 is 2.42 bits per heavy atom. The summed E-state index contributed by atoms with van der Waals surface area (Å²) in [7, 11) is 0. The third-order valence-corrected chi connectivity index (χ3v) is 4.66. The van der Waals surface area contributed by atoms with Crippen LogP contribution in [0.15, 0.2) is 6.07 Å². The molecule has 3 fully saturated rings. The average molecular weight is 258 g/mol. The average Bonchev–Trinajstić information content (AvgIpc) is 3.22. The van der Waals surface area contributed by atoms with Crippen molar-refractivity contribution in [3.63, 3.8) is 0 Å². The largest absolute Gasteiger partial charge is 0.354 e. The van der Waals surface area contributed by atoms with E-state index < -0.39 is 0 Å². The topological polar surface area (TPSA) is 41.1 Å². The van der Waals surface area contributed by atoms with E-state index >= 15 is 0 Å². The van der Waals surface area contributed by atoms with Crippen molar-refractivity contribution in [3.8, 4) is 0 Å². The second-order valence-electron chi connectivity index (χ2n) is 6.15. The van der Waals surface area contributed by atoms with Crippen LogP contribution < -0.4 is 10.2 Å². The number of anilines is 1. The summed E-state index contributed by atoms with van der Waals surface area (Å²) in [6.45, 7) is 4.29. The van der Waals surface area contributed by atoms with Crippen LogP contribution in [0.25, 0.3) is 0 Å². The highest BCUT2D eigenvalue weighted by molar-refractivity contribution is 5.42. The molecule has 1 aliphatic heterocycles. The Hall–Kier alpha value is -1.16. The highest BCUT2D eigenvalue weighted by atomic mass is 15.2. The van der Waals surface area contributed by atoms with E-state index in [0.717, 1.165) is 32.0 Å². The van der Waals surface area contributed by atoms with Crippen LogP contribution in [0.2, 0.25) is 0 Å². The van der Waals surface area contributed by atoms with Crippen molar-refractivity contribution in [2.24, 2.45) is 0 Å². The van der Waals surface area contributed by atoms with Gasteiger partial charge in [0, 0.05) is 49.8 Å². The first kappa shape index (κ1) is 11.6. The molecule has 4 nitrogen and oxygen atoms in total. The predicted octanol–water partition coefficient (Wildman–Crippen LogP) is 2.03. The molecule has 0 bridgehead atoms. The number of piperazine rings is 1. The van der Waals surface area contributed by atoms with E-state index in [4.69, 9.17) is 9.97 Å². The summed E-state index contributed by atoms with van der Waals surface area (Å²) < 4.78 is 0. The van der Waals surface area contributed by atoms with Crippen LogP contribution in [-0.2, 0) is 0 Å². The van der Waals surface area contributed by atoms with Crippen LogP contribution in [0.1, 0.15) is 55.5 Å². The van der Waals surface area contributed by atoms with Gasteiger partial charge >= 0.3 is 0 Å². The normalized spacial score (nSPS) is 24.3. The SMILES string of the molecule is c1c(C2CCC2)nc(C2CC2)nc1N1CCNCC1. The quantitative estimate of drug-likeness (QED) is 0.900. The van der Waals surface area contributed by atoms with Crippen molar-refractivity contribution in [2.75, 3.05) is 31.1 Å². The van der Waals surface area contributed by atoms with Gasteiger partial charge in [0.25, 0.3) is 0 Å². The smallest absolute Gasteiger partial charge is 0.134 e. The summed E-state index contributed by atoms with van der Waals surface area (Å²) in [5.74, 6) is 3.67. The summed E-state index contributed by atoms with van der Waals surface area (Å²) in [5, 5.41) is 3.41. The van der Waals surface area contributed by atoms with Crippen LogP contribution in [0.4, 0.5) is 5.82 Å². The van der Waals surface area contributed by atoms with E-state index in [1.165, 1.54) is 43.6 Å². The van der Waals surface area contributed by atoms with E-state index in [9.17, 15) is 0 Å². The lowest BCUT2D eigenvalue weighted by Gasteiger charge is -2.30. The number of hydrogen-bond donors (Lipinski definition) is 1. The van der Waals surface area contributed by atoms with E-state index in [-0.39, 0.29) is 0 Å². The van der Waals surface area contributed by atoms with Crippen molar-refractivity contribution in [3.05, 3.63) is 17.6 Å². The Morgan fingerprint density at radius 1 is 1.00 bits per heavy atom. The number of aromatic nitrogens is 2. The van der Waals surface area contributed by atoms with Crippen molar-refractivity contribution in [2.45, 2.75) is 43.9 Å². The molecule has 19 heavy (non-hydrogen) atoms. The molecule has 4 heteroatoms. The number of hydrogen-bond acceptors (Lipinski definition) is 4. The van der Waals surface area contributed by atoms with Gasteiger partial charge in [-0.3, -0.25) is 0 Å². The van der Waals surface area contributed by atoms with Crippen LogP contribution in [0.3, 0.4) is 0 Å². The summed E-state index contributed by atoms with van der Waals surface area (Å²) in [6, 6.07) is 2.26. The Morgan fingerprint density at radius 2 is 1.79 bits per heavy atom. The van der Waals surface area contributed by atoms with Gasteiger partial charge in [-0.05, 0) is 25.7 Å². The molecule has 2 aliphatic carbocycles. The Kier molecular flexibility index (Phi) is 2.91. The fourth-order valence-electron chi connectivity index (χ4n) is 2.96. The summed E-state index contributed by atoms with van der Waals surface area (Å²) in [6.07, 6.45) is 6.59. The molecule has 0 radical (unpaired) electrons. The van der Waals surface area contributed by atoms with Gasteiger partial charge in [0.15, 0.2) is 0 Å². The van der Waals surface area contributed by atoms with E-state index in [0.29, 0.717) is 11.8 Å². The fourth-order valence-corrected chi connectivity index (χ4v) is 2.96. The Balaban J connectivity index is 1.65. The molecule has 102 valence electrons. The molecule has 4 rings (SSSR count). The molecule has 1 N–H and O–H groups in total. The minimum absolute atomic E-state index is 0.654. The minimum Gasteiger partial charge on any atom is -0.354 e. The van der Waals surface area contributed by atoms with Crippen molar-refractivity contribution < 1.29 is 0 Å². The minimum atomic E-state index is 0.654. The van der Waals surface area contributed by atoms with Gasteiger partial charge in [-0.1, -0.05) is 6.42 Å². The van der Waals surface area contributed by atoms with Crippen LogP contribution in [0.5, 0.6) is 0 Å². The van der Waals surface area contributed by atoms with E-state index in [1.54, 1.807) is 0 Å². The van der Waals surface area contributed by atoms with Crippen LogP contribution >= 0.6 is 0 Å². The highest BCUT2D eigenvalue weighted by Crippen LogP contribution is 2.41. The third-order valence-electron chi connectivity index (χ3n) is 4.66. The lowest BCUT2D eigenvalue weighted by atomic mass is 9.83. The van der Waals surface area contributed by atoms with Gasteiger partial charge in [-0.25, -0.2) is 9.97 Å². The summed E-state index contributed by atoms with van der Waals surface area (Å²) in [5.41, 5.74) is 1.32. The second kappa shape index (κ2) is 4.75. The lowest BCUT2D eigenvalue weighted by molar-refractivity contribution is 0.409. The van der Waals surface area contributed by atoms with Gasteiger partial charge in [-0.2, -0.15) is 0 Å². The molecule has 0 aromatic carbocycles. The first-order chi connectivity index (χ1) is 9.40. The molecular weight excluding hydrogens is 236 g/mol. The fraction of sp³-hybridized carbons (Fsp3) is 0.733. The van der Waals surface area contributed by atoms with Crippen LogP contribution in [0, 0.1) is 0 Å². The number of nitrogens with one attached hydrogen (secondary N) is 1. The summed E-state index contributed by atoms with van der Waals surface area (Å²) in [4.78, 5) is 12.1. The molecular formula is C15H22N4. The van der Waals surface area contributed by atoms with E-state index in [1.807, 2.05) is 0 Å². The van der Waals surface area contributed by atoms with Gasteiger partial charge in [0.05, 0.1) is 0 Å². The molecule has 1 saturated heterocycles. The third kappa shape index (κ3) is 2.34. The van der Waals surface area contributed by atoms with Gasteiger partial charge in [-0.15, -0.1) is 0 Å². The monoisotopic (exact) mass is 258 g/mol. The zero-order valence-electron chi connectivity index (χ0n) is 11.4. The molecule has 0 atom stereocenters. The second-order valence-corrected chi connectivity index (χ2v) is 6.15. The first-order valence-corrected chi connectivity index (χ1v) is 7.75. The molecule has 0 spiro atoms. The lowest BCUT2D eigenvalue weighted by Crippen LogP contribution is -2.44. The Bertz CT molecular complexity index is 459. The maximum atomic E-state index is 4.86. The van der Waals surface area contributed by atoms with Crippen molar-refractivity contribution in [1.29, 1.82) is 0 Å². The van der Waals surface area contributed by atoms with Gasteiger partial charge in [0.1, 0.15) is 11.6 Å². The Labute approximate surface area is 114 Å².